The fourth-order valence-electron chi connectivity index (χ4n) is 1.85. The molecular formula is C13H20BIO2. The van der Waals surface area contributed by atoms with E-state index in [1.165, 1.54) is 37.7 Å². The molecule has 2 N–H and O–H groups in total. The van der Waals surface area contributed by atoms with Crippen molar-refractivity contribution in [2.45, 2.75) is 45.4 Å². The van der Waals surface area contributed by atoms with Crippen molar-refractivity contribution in [2.24, 2.45) is 0 Å². The van der Waals surface area contributed by atoms with E-state index >= 15 is 0 Å². The van der Waals surface area contributed by atoms with Crippen LogP contribution in [0.4, 0.5) is 0 Å². The standard InChI is InChI=1S/C13H20BIO2/c1-2-3-4-5-6-7-11-8-9-12(14(16)17)10-13(11)15/h8-10,16-17H,2-7H2,1H3. The molecule has 0 saturated heterocycles. The molecule has 1 rings (SSSR count). The summed E-state index contributed by atoms with van der Waals surface area (Å²) in [4.78, 5) is 0. The molecule has 0 unspecified atom stereocenters. The average molecular weight is 346 g/mol. The molecule has 0 aliphatic carbocycles. The molecule has 0 aliphatic heterocycles. The van der Waals surface area contributed by atoms with Crippen LogP contribution in [-0.4, -0.2) is 17.2 Å². The van der Waals surface area contributed by atoms with E-state index in [1.54, 1.807) is 6.07 Å². The molecule has 0 bridgehead atoms. The Morgan fingerprint density at radius 3 is 2.41 bits per heavy atom. The van der Waals surface area contributed by atoms with Crippen molar-refractivity contribution in [2.75, 3.05) is 0 Å². The summed E-state index contributed by atoms with van der Waals surface area (Å²) in [5.74, 6) is 0. The van der Waals surface area contributed by atoms with Crippen LogP contribution in [0.3, 0.4) is 0 Å². The van der Waals surface area contributed by atoms with Crippen molar-refractivity contribution in [3.8, 4) is 0 Å². The van der Waals surface area contributed by atoms with E-state index in [0.29, 0.717) is 5.46 Å². The molecule has 0 fully saturated rings. The van der Waals surface area contributed by atoms with Gasteiger partial charge in [0.2, 0.25) is 0 Å². The summed E-state index contributed by atoms with van der Waals surface area (Å²) in [6, 6.07) is 5.66. The third-order valence-corrected chi connectivity index (χ3v) is 3.93. The van der Waals surface area contributed by atoms with Crippen molar-refractivity contribution >= 4 is 35.2 Å². The summed E-state index contributed by atoms with van der Waals surface area (Å²) in [6.45, 7) is 2.22. The number of unbranched alkanes of at least 4 members (excludes halogenated alkanes) is 4. The molecule has 0 spiro atoms. The van der Waals surface area contributed by atoms with E-state index in [4.69, 9.17) is 10.0 Å². The van der Waals surface area contributed by atoms with Crippen LogP contribution in [0.1, 0.15) is 44.6 Å². The Labute approximate surface area is 118 Å². The molecule has 1 aromatic carbocycles. The maximum atomic E-state index is 9.06. The first-order chi connectivity index (χ1) is 8.15. The predicted octanol–water partition coefficient (Wildman–Crippen LogP) is 2.48. The zero-order valence-electron chi connectivity index (χ0n) is 10.3. The lowest BCUT2D eigenvalue weighted by atomic mass is 9.80. The van der Waals surface area contributed by atoms with Gasteiger partial charge in [-0.15, -0.1) is 0 Å². The Morgan fingerprint density at radius 1 is 1.12 bits per heavy atom. The third kappa shape index (κ3) is 5.40. The highest BCUT2D eigenvalue weighted by atomic mass is 127. The first-order valence-electron chi connectivity index (χ1n) is 6.29. The van der Waals surface area contributed by atoms with Crippen LogP contribution in [0.25, 0.3) is 0 Å². The molecule has 4 heteroatoms. The van der Waals surface area contributed by atoms with Gasteiger partial charge in [-0.3, -0.25) is 0 Å². The van der Waals surface area contributed by atoms with Crippen LogP contribution in [0.2, 0.25) is 0 Å². The zero-order chi connectivity index (χ0) is 12.7. The van der Waals surface area contributed by atoms with E-state index in [9.17, 15) is 0 Å². The Hall–Kier alpha value is -0.0651. The number of aryl methyl sites for hydroxylation is 1. The van der Waals surface area contributed by atoms with Gasteiger partial charge >= 0.3 is 7.12 Å². The number of benzene rings is 1. The second-order valence-electron chi connectivity index (χ2n) is 4.39. The molecular weight excluding hydrogens is 326 g/mol. The first kappa shape index (κ1) is 15.0. The van der Waals surface area contributed by atoms with Gasteiger partial charge in [0.05, 0.1) is 0 Å². The summed E-state index contributed by atoms with van der Waals surface area (Å²) < 4.78 is 1.13. The van der Waals surface area contributed by atoms with E-state index in [-0.39, 0.29) is 0 Å². The van der Waals surface area contributed by atoms with Crippen LogP contribution >= 0.6 is 22.6 Å². The normalized spacial score (nSPS) is 10.6. The summed E-state index contributed by atoms with van der Waals surface area (Å²) in [7, 11) is -1.36. The Bertz CT molecular complexity index is 342. The maximum Gasteiger partial charge on any atom is 0.488 e. The van der Waals surface area contributed by atoms with Gasteiger partial charge < -0.3 is 10.0 Å². The van der Waals surface area contributed by atoms with Gasteiger partial charge in [-0.05, 0) is 52.5 Å². The number of rotatable bonds is 7. The zero-order valence-corrected chi connectivity index (χ0v) is 12.5. The fraction of sp³-hybridized carbons (Fsp3) is 0.538. The van der Waals surface area contributed by atoms with Crippen LogP contribution in [-0.2, 0) is 6.42 Å². The highest BCUT2D eigenvalue weighted by Gasteiger charge is 2.12. The first-order valence-corrected chi connectivity index (χ1v) is 7.37. The van der Waals surface area contributed by atoms with Gasteiger partial charge in [-0.25, -0.2) is 0 Å². The number of hydrogen-bond donors (Lipinski definition) is 2. The Kier molecular flexibility index (Phi) is 7.15. The number of halogens is 1. The molecule has 0 radical (unpaired) electrons. The van der Waals surface area contributed by atoms with Crippen molar-refractivity contribution in [3.05, 3.63) is 27.3 Å². The van der Waals surface area contributed by atoms with E-state index < -0.39 is 7.12 Å². The van der Waals surface area contributed by atoms with Crippen LogP contribution in [0.15, 0.2) is 18.2 Å². The molecule has 0 heterocycles. The summed E-state index contributed by atoms with van der Waals surface area (Å²) in [6.07, 6.45) is 7.52. The van der Waals surface area contributed by atoms with Gasteiger partial charge in [-0.2, -0.15) is 0 Å². The third-order valence-electron chi connectivity index (χ3n) is 2.92. The molecule has 1 aromatic rings. The smallest absolute Gasteiger partial charge is 0.423 e. The fourth-order valence-corrected chi connectivity index (χ4v) is 2.65. The van der Waals surface area contributed by atoms with Gasteiger partial charge in [-0.1, -0.05) is 44.7 Å². The number of hydrogen-bond acceptors (Lipinski definition) is 2. The van der Waals surface area contributed by atoms with Crippen molar-refractivity contribution < 1.29 is 10.0 Å². The average Bonchev–Trinajstić information content (AvgIpc) is 2.30. The van der Waals surface area contributed by atoms with Crippen molar-refractivity contribution in [1.29, 1.82) is 0 Å². The topological polar surface area (TPSA) is 40.5 Å². The van der Waals surface area contributed by atoms with Gasteiger partial charge in [0.15, 0.2) is 0 Å². The van der Waals surface area contributed by atoms with Crippen LogP contribution < -0.4 is 5.46 Å². The SMILES string of the molecule is CCCCCCCc1ccc(B(O)O)cc1I. The minimum absolute atomic E-state index is 0.573. The van der Waals surface area contributed by atoms with E-state index in [2.05, 4.69) is 29.5 Å². The van der Waals surface area contributed by atoms with Gasteiger partial charge in [0.1, 0.15) is 0 Å². The lowest BCUT2D eigenvalue weighted by molar-refractivity contribution is 0.425. The van der Waals surface area contributed by atoms with Crippen molar-refractivity contribution in [1.82, 2.24) is 0 Å². The second kappa shape index (κ2) is 8.11. The predicted molar refractivity (Wildman–Crippen MR) is 81.4 cm³/mol. The summed E-state index contributed by atoms with van der Waals surface area (Å²) in [5, 5.41) is 18.1. The van der Waals surface area contributed by atoms with Gasteiger partial charge in [0, 0.05) is 3.57 Å². The Balaban J connectivity index is 2.43. The van der Waals surface area contributed by atoms with Crippen LogP contribution in [0, 0.1) is 3.57 Å². The molecule has 0 aromatic heterocycles. The summed E-state index contributed by atoms with van der Waals surface area (Å²) >= 11 is 2.27. The molecule has 0 amide bonds. The quantitative estimate of drug-likeness (QED) is 0.453. The monoisotopic (exact) mass is 346 g/mol. The van der Waals surface area contributed by atoms with Gasteiger partial charge in [0.25, 0.3) is 0 Å². The molecule has 0 aliphatic rings. The minimum atomic E-state index is -1.36. The molecule has 0 saturated carbocycles. The lowest BCUT2D eigenvalue weighted by Crippen LogP contribution is -2.30. The maximum absolute atomic E-state index is 9.06. The second-order valence-corrected chi connectivity index (χ2v) is 5.55. The molecule has 2 nitrogen and oxygen atoms in total. The minimum Gasteiger partial charge on any atom is -0.423 e. The lowest BCUT2D eigenvalue weighted by Gasteiger charge is -2.07. The molecule has 17 heavy (non-hydrogen) atoms. The van der Waals surface area contributed by atoms with Crippen molar-refractivity contribution in [3.63, 3.8) is 0 Å². The molecule has 0 atom stereocenters. The molecule has 94 valence electrons. The van der Waals surface area contributed by atoms with Crippen LogP contribution in [0.5, 0.6) is 0 Å². The van der Waals surface area contributed by atoms with E-state index in [1.807, 2.05) is 12.1 Å². The van der Waals surface area contributed by atoms with E-state index in [0.717, 1.165) is 9.99 Å². The Morgan fingerprint density at radius 2 is 1.82 bits per heavy atom. The summed E-state index contributed by atoms with van der Waals surface area (Å²) in [5.41, 5.74) is 1.88. The highest BCUT2D eigenvalue weighted by Crippen LogP contribution is 2.14. The highest BCUT2D eigenvalue weighted by molar-refractivity contribution is 14.1. The largest absolute Gasteiger partial charge is 0.488 e.